The van der Waals surface area contributed by atoms with Crippen LogP contribution in [0.5, 0.6) is 0 Å². The number of benzene rings is 1. The van der Waals surface area contributed by atoms with E-state index in [9.17, 15) is 4.39 Å². The van der Waals surface area contributed by atoms with Crippen molar-refractivity contribution in [3.05, 3.63) is 34.9 Å². The van der Waals surface area contributed by atoms with Crippen LogP contribution in [0.1, 0.15) is 12.0 Å². The monoisotopic (exact) mass is 218 g/mol. The molecule has 0 saturated carbocycles. The van der Waals surface area contributed by atoms with Crippen LogP contribution in [0.4, 0.5) is 4.39 Å². The molecule has 0 radical (unpaired) electrons. The maximum Gasteiger partial charge on any atom is 0.0902 e. The Morgan fingerprint density at radius 2 is 1.92 bits per heavy atom. The zero-order chi connectivity index (χ0) is 9.52. The van der Waals surface area contributed by atoms with Crippen molar-refractivity contribution in [1.29, 1.82) is 0 Å². The van der Waals surface area contributed by atoms with E-state index in [1.807, 2.05) is 24.3 Å². The van der Waals surface area contributed by atoms with Gasteiger partial charge in [0.15, 0.2) is 0 Å². The second kappa shape index (κ2) is 6.28. The minimum atomic E-state index is -0.215. The van der Waals surface area contributed by atoms with E-state index in [1.54, 1.807) is 11.8 Å². The lowest BCUT2D eigenvalue weighted by atomic mass is 10.2. The maximum absolute atomic E-state index is 11.7. The van der Waals surface area contributed by atoms with Crippen molar-refractivity contribution in [3.8, 4) is 0 Å². The van der Waals surface area contributed by atoms with E-state index in [0.717, 1.165) is 16.5 Å². The Hall–Kier alpha value is -0.210. The normalized spacial score (nSPS) is 10.3. The number of rotatable bonds is 5. The fraction of sp³-hybridized carbons (Fsp3) is 0.400. The molecule has 0 nitrogen and oxygen atoms in total. The zero-order valence-electron chi connectivity index (χ0n) is 7.30. The molecular weight excluding hydrogens is 207 g/mol. The van der Waals surface area contributed by atoms with E-state index < -0.39 is 0 Å². The van der Waals surface area contributed by atoms with E-state index in [0.29, 0.717) is 6.42 Å². The molecule has 0 aliphatic heterocycles. The van der Waals surface area contributed by atoms with Crippen molar-refractivity contribution in [2.75, 3.05) is 12.4 Å². The quantitative estimate of drug-likeness (QED) is 0.675. The summed E-state index contributed by atoms with van der Waals surface area (Å²) in [5.74, 6) is 1.83. The maximum atomic E-state index is 11.7. The Bertz CT molecular complexity index is 235. The fourth-order valence-electron chi connectivity index (χ4n) is 0.927. The molecule has 13 heavy (non-hydrogen) atoms. The molecule has 0 heterocycles. The molecule has 0 N–H and O–H groups in total. The van der Waals surface area contributed by atoms with Gasteiger partial charge >= 0.3 is 0 Å². The Kier molecular flexibility index (Phi) is 5.25. The van der Waals surface area contributed by atoms with Crippen molar-refractivity contribution < 1.29 is 4.39 Å². The highest BCUT2D eigenvalue weighted by Crippen LogP contribution is 2.15. The Labute approximate surface area is 87.5 Å². The number of halogens is 2. The van der Waals surface area contributed by atoms with Crippen LogP contribution in [0, 0.1) is 0 Å². The molecule has 0 atom stereocenters. The zero-order valence-corrected chi connectivity index (χ0v) is 8.87. The smallest absolute Gasteiger partial charge is 0.0902 e. The first-order valence-corrected chi connectivity index (χ1v) is 5.74. The van der Waals surface area contributed by atoms with Gasteiger partial charge in [0, 0.05) is 10.8 Å². The Morgan fingerprint density at radius 1 is 1.23 bits per heavy atom. The highest BCUT2D eigenvalue weighted by Gasteiger charge is 1.93. The van der Waals surface area contributed by atoms with Gasteiger partial charge in [-0.1, -0.05) is 23.7 Å². The lowest BCUT2D eigenvalue weighted by Gasteiger charge is -2.00. The topological polar surface area (TPSA) is 0 Å². The first kappa shape index (κ1) is 10.9. The summed E-state index contributed by atoms with van der Waals surface area (Å²) in [6.07, 6.45) is 0.651. The number of hydrogen-bond donors (Lipinski definition) is 0. The SMILES string of the molecule is FCCCSCc1ccc(Cl)cc1. The third-order valence-corrected chi connectivity index (χ3v) is 2.97. The lowest BCUT2D eigenvalue weighted by molar-refractivity contribution is 0.489. The molecule has 0 aliphatic rings. The largest absolute Gasteiger partial charge is 0.251 e. The van der Waals surface area contributed by atoms with Gasteiger partial charge in [0.2, 0.25) is 0 Å². The molecule has 0 aliphatic carbocycles. The van der Waals surface area contributed by atoms with Crippen LogP contribution >= 0.6 is 23.4 Å². The molecule has 3 heteroatoms. The van der Waals surface area contributed by atoms with Crippen LogP contribution in [0.2, 0.25) is 5.02 Å². The van der Waals surface area contributed by atoms with Gasteiger partial charge in [-0.2, -0.15) is 11.8 Å². The van der Waals surface area contributed by atoms with Crippen LogP contribution in [0.25, 0.3) is 0 Å². The summed E-state index contributed by atoms with van der Waals surface area (Å²) >= 11 is 7.49. The number of thioether (sulfide) groups is 1. The second-order valence-corrected chi connectivity index (χ2v) is 4.26. The molecule has 0 aromatic heterocycles. The van der Waals surface area contributed by atoms with Crippen molar-refractivity contribution in [1.82, 2.24) is 0 Å². The molecule has 0 saturated heterocycles. The van der Waals surface area contributed by atoms with Crippen LogP contribution in [0.15, 0.2) is 24.3 Å². The number of hydrogen-bond acceptors (Lipinski definition) is 1. The van der Waals surface area contributed by atoms with Crippen molar-refractivity contribution in [2.45, 2.75) is 12.2 Å². The molecule has 72 valence electrons. The lowest BCUT2D eigenvalue weighted by Crippen LogP contribution is -1.84. The Balaban J connectivity index is 2.25. The van der Waals surface area contributed by atoms with E-state index in [-0.39, 0.29) is 6.67 Å². The average molecular weight is 219 g/mol. The molecule has 0 bridgehead atoms. The van der Waals surface area contributed by atoms with Gasteiger partial charge in [-0.15, -0.1) is 0 Å². The first-order chi connectivity index (χ1) is 6.33. The van der Waals surface area contributed by atoms with Gasteiger partial charge in [0.25, 0.3) is 0 Å². The van der Waals surface area contributed by atoms with Crippen molar-refractivity contribution >= 4 is 23.4 Å². The summed E-state index contributed by atoms with van der Waals surface area (Å²) in [6, 6.07) is 7.77. The van der Waals surface area contributed by atoms with Gasteiger partial charge in [-0.05, 0) is 29.9 Å². The minimum absolute atomic E-state index is 0.215. The molecule has 0 unspecified atom stereocenters. The molecule has 0 amide bonds. The van der Waals surface area contributed by atoms with E-state index in [2.05, 4.69) is 0 Å². The molecule has 1 rings (SSSR count). The summed E-state index contributed by atoms with van der Waals surface area (Å²) in [6.45, 7) is -0.215. The van der Waals surface area contributed by atoms with E-state index in [1.165, 1.54) is 5.56 Å². The summed E-state index contributed by atoms with van der Waals surface area (Å²) < 4.78 is 11.7. The highest BCUT2D eigenvalue weighted by molar-refractivity contribution is 7.98. The summed E-state index contributed by atoms with van der Waals surface area (Å²) in [7, 11) is 0. The first-order valence-electron chi connectivity index (χ1n) is 4.21. The van der Waals surface area contributed by atoms with Gasteiger partial charge in [-0.25, -0.2) is 0 Å². The second-order valence-electron chi connectivity index (χ2n) is 2.72. The Morgan fingerprint density at radius 3 is 2.54 bits per heavy atom. The van der Waals surface area contributed by atoms with Crippen LogP contribution in [-0.4, -0.2) is 12.4 Å². The van der Waals surface area contributed by atoms with E-state index >= 15 is 0 Å². The average Bonchev–Trinajstić information content (AvgIpc) is 2.15. The highest BCUT2D eigenvalue weighted by atomic mass is 35.5. The fourth-order valence-corrected chi connectivity index (χ4v) is 1.94. The van der Waals surface area contributed by atoms with Crippen LogP contribution in [-0.2, 0) is 5.75 Å². The predicted octanol–water partition coefficient (Wildman–Crippen LogP) is 3.93. The van der Waals surface area contributed by atoms with Crippen molar-refractivity contribution in [2.24, 2.45) is 0 Å². The van der Waals surface area contributed by atoms with Gasteiger partial charge < -0.3 is 0 Å². The van der Waals surface area contributed by atoms with Gasteiger partial charge in [0.1, 0.15) is 0 Å². The van der Waals surface area contributed by atoms with E-state index in [4.69, 9.17) is 11.6 Å². The molecule has 1 aromatic carbocycles. The molecule has 0 spiro atoms. The third kappa shape index (κ3) is 4.53. The van der Waals surface area contributed by atoms with Crippen LogP contribution < -0.4 is 0 Å². The van der Waals surface area contributed by atoms with Gasteiger partial charge in [-0.3, -0.25) is 4.39 Å². The molecule has 0 fully saturated rings. The third-order valence-electron chi connectivity index (χ3n) is 1.60. The molecular formula is C10H12ClFS. The molecule has 1 aromatic rings. The number of alkyl halides is 1. The predicted molar refractivity (Wildman–Crippen MR) is 58.2 cm³/mol. The minimum Gasteiger partial charge on any atom is -0.251 e. The standard InChI is InChI=1S/C10H12ClFS/c11-10-4-2-9(3-5-10)8-13-7-1-6-12/h2-5H,1,6-8H2. The van der Waals surface area contributed by atoms with Gasteiger partial charge in [0.05, 0.1) is 6.67 Å². The summed E-state index contributed by atoms with van der Waals surface area (Å²) in [5.41, 5.74) is 1.24. The summed E-state index contributed by atoms with van der Waals surface area (Å²) in [4.78, 5) is 0. The van der Waals surface area contributed by atoms with Crippen molar-refractivity contribution in [3.63, 3.8) is 0 Å². The van der Waals surface area contributed by atoms with Crippen LogP contribution in [0.3, 0.4) is 0 Å². The summed E-state index contributed by atoms with van der Waals surface area (Å²) in [5, 5.41) is 0.762.